The van der Waals surface area contributed by atoms with Crippen molar-refractivity contribution in [1.29, 1.82) is 0 Å². The van der Waals surface area contributed by atoms with Gasteiger partial charge in [0.2, 0.25) is 5.82 Å². The predicted molar refractivity (Wildman–Crippen MR) is 152 cm³/mol. The first-order valence-corrected chi connectivity index (χ1v) is 15.4. The van der Waals surface area contributed by atoms with Crippen LogP contribution in [0.5, 0.6) is 6.01 Å². The van der Waals surface area contributed by atoms with Crippen LogP contribution in [0.2, 0.25) is 0 Å². The van der Waals surface area contributed by atoms with Gasteiger partial charge in [-0.2, -0.15) is 9.61 Å². The number of nitrogens with one attached hydrogen (secondary N) is 1. The van der Waals surface area contributed by atoms with Gasteiger partial charge in [0.15, 0.2) is 15.5 Å². The van der Waals surface area contributed by atoms with Gasteiger partial charge in [-0.3, -0.25) is 14.8 Å². The molecule has 0 radical (unpaired) electrons. The lowest BCUT2D eigenvalue weighted by Gasteiger charge is -2.38. The van der Waals surface area contributed by atoms with Crippen LogP contribution in [-0.2, 0) is 9.84 Å². The number of rotatable bonds is 5. The Morgan fingerprint density at radius 2 is 1.76 bits per heavy atom. The Morgan fingerprint density at radius 1 is 1.02 bits per heavy atom. The molecule has 6 heterocycles. The number of nitrogens with zero attached hydrogens (tertiary/aromatic N) is 7. The minimum Gasteiger partial charge on any atom is -0.479 e. The molecule has 4 N–H and O–H groups in total. The Morgan fingerprint density at radius 3 is 2.38 bits per heavy atom. The molecule has 2 unspecified atom stereocenters. The number of fused-ring (bicyclic) bond motifs is 3. The van der Waals surface area contributed by atoms with Crippen LogP contribution in [0.1, 0.15) is 47.9 Å². The van der Waals surface area contributed by atoms with Crippen molar-refractivity contribution in [2.45, 2.75) is 48.6 Å². The van der Waals surface area contributed by atoms with E-state index in [1.54, 1.807) is 17.3 Å². The Labute approximate surface area is 240 Å². The first-order chi connectivity index (χ1) is 20.2. The lowest BCUT2D eigenvalue weighted by atomic mass is 9.87. The van der Waals surface area contributed by atoms with Crippen molar-refractivity contribution in [2.24, 2.45) is 0 Å². The predicted octanol–water partition coefficient (Wildman–Crippen LogP) is 2.82. The number of carbonyl (C=O) groups excluding carboxylic acids is 1. The van der Waals surface area contributed by atoms with Crippen molar-refractivity contribution in [3.8, 4) is 28.4 Å². The molecule has 13 nitrogen and oxygen atoms in total. The van der Waals surface area contributed by atoms with Crippen LogP contribution >= 0.6 is 0 Å². The number of amides is 1. The molecule has 2 aliphatic rings. The molecule has 2 saturated heterocycles. The second-order valence-electron chi connectivity index (χ2n) is 10.8. The summed E-state index contributed by atoms with van der Waals surface area (Å²) in [5.74, 6) is -0.627. The fourth-order valence-corrected chi connectivity index (χ4v) is 7.47. The maximum atomic E-state index is 13.2. The molecular weight excluding hydrogens is 558 g/mol. The molecule has 42 heavy (non-hydrogen) atoms. The van der Waals surface area contributed by atoms with E-state index in [-0.39, 0.29) is 40.4 Å². The summed E-state index contributed by atoms with van der Waals surface area (Å²) >= 11 is 0. The number of sulfone groups is 1. The highest BCUT2D eigenvalue weighted by Gasteiger charge is 2.46. The minimum absolute atomic E-state index is 0.000558. The second-order valence-corrected chi connectivity index (χ2v) is 12.8. The fraction of sp³-hybridized carbons (Fsp3) is 0.286. The normalized spacial score (nSPS) is 20.3. The number of nitrogens with two attached hydrogens (primary N) is 1. The molecule has 0 saturated carbocycles. The summed E-state index contributed by atoms with van der Waals surface area (Å²) < 4.78 is 27.5. The molecule has 2 aliphatic heterocycles. The van der Waals surface area contributed by atoms with E-state index in [1.807, 2.05) is 42.5 Å². The third kappa shape index (κ3) is 4.26. The lowest BCUT2D eigenvalue weighted by Crippen LogP contribution is -2.46. The number of nitrogen functional groups attached to an aromatic ring is 1. The molecule has 0 aliphatic carbocycles. The summed E-state index contributed by atoms with van der Waals surface area (Å²) in [6, 6.07) is 12.9. The highest BCUT2D eigenvalue weighted by molar-refractivity contribution is 7.91. The van der Waals surface area contributed by atoms with Gasteiger partial charge in [0, 0.05) is 47.1 Å². The average molecular weight is 586 g/mol. The van der Waals surface area contributed by atoms with Crippen molar-refractivity contribution < 1.29 is 18.3 Å². The van der Waals surface area contributed by atoms with E-state index in [2.05, 4.69) is 25.3 Å². The van der Waals surface area contributed by atoms with Gasteiger partial charge in [-0.15, -0.1) is 5.10 Å². The molecule has 1 amide bonds. The summed E-state index contributed by atoms with van der Waals surface area (Å²) in [6.45, 7) is 0. The van der Waals surface area contributed by atoms with E-state index in [1.165, 1.54) is 4.52 Å². The van der Waals surface area contributed by atoms with Gasteiger partial charge >= 0.3 is 6.01 Å². The number of H-pyrrole nitrogens is 1. The van der Waals surface area contributed by atoms with Crippen LogP contribution in [0, 0.1) is 0 Å². The third-order valence-electron chi connectivity index (χ3n) is 8.21. The molecule has 2 bridgehead atoms. The van der Waals surface area contributed by atoms with E-state index in [0.29, 0.717) is 29.7 Å². The number of aromatic hydroxyl groups is 1. The first kappa shape index (κ1) is 26.1. The largest absolute Gasteiger partial charge is 0.479 e. The van der Waals surface area contributed by atoms with E-state index in [0.717, 1.165) is 35.9 Å². The third-order valence-corrected chi connectivity index (χ3v) is 9.37. The maximum absolute atomic E-state index is 13.2. The number of hydrogen-bond donors (Lipinski definition) is 3. The van der Waals surface area contributed by atoms with Crippen molar-refractivity contribution >= 4 is 27.2 Å². The molecule has 14 heteroatoms. The van der Waals surface area contributed by atoms with Gasteiger partial charge in [-0.25, -0.2) is 13.4 Å². The summed E-state index contributed by atoms with van der Waals surface area (Å²) in [4.78, 5) is 27.0. The van der Waals surface area contributed by atoms with Crippen molar-refractivity contribution in [3.05, 3.63) is 66.4 Å². The molecular formula is C28H27N9O4S. The van der Waals surface area contributed by atoms with E-state index in [4.69, 9.17) is 10.7 Å². The number of pyridine rings is 1. The summed E-state index contributed by atoms with van der Waals surface area (Å²) in [5.41, 5.74) is 10.6. The van der Waals surface area contributed by atoms with Gasteiger partial charge < -0.3 is 15.7 Å². The number of aromatic amines is 1. The lowest BCUT2D eigenvalue weighted by molar-refractivity contribution is 0.0555. The van der Waals surface area contributed by atoms with Crippen molar-refractivity contribution in [1.82, 2.24) is 39.7 Å². The van der Waals surface area contributed by atoms with Crippen LogP contribution in [0.25, 0.3) is 28.0 Å². The zero-order chi connectivity index (χ0) is 29.2. The molecule has 3 atom stereocenters. The zero-order valence-electron chi connectivity index (χ0n) is 22.5. The van der Waals surface area contributed by atoms with E-state index in [9.17, 15) is 18.3 Å². The molecule has 214 valence electrons. The van der Waals surface area contributed by atoms with Gasteiger partial charge in [-0.05, 0) is 31.7 Å². The average Bonchev–Trinajstić information content (AvgIpc) is 3.68. The Balaban J connectivity index is 1.27. The smallest absolute Gasteiger partial charge is 0.312 e. The highest BCUT2D eigenvalue weighted by atomic mass is 32.2. The monoisotopic (exact) mass is 585 g/mol. The summed E-state index contributed by atoms with van der Waals surface area (Å²) in [6.07, 6.45) is 7.01. The molecule has 4 aromatic heterocycles. The molecule has 2 fully saturated rings. The van der Waals surface area contributed by atoms with Crippen LogP contribution in [0.3, 0.4) is 0 Å². The number of hydrogen-bond acceptors (Lipinski definition) is 10. The van der Waals surface area contributed by atoms with Gasteiger partial charge in [0.25, 0.3) is 5.91 Å². The fourth-order valence-electron chi connectivity index (χ4n) is 6.41. The topological polar surface area (TPSA) is 185 Å². The summed E-state index contributed by atoms with van der Waals surface area (Å²) in [7, 11) is -3.77. The van der Waals surface area contributed by atoms with Crippen LogP contribution in [0.15, 0.2) is 59.8 Å². The Kier molecular flexibility index (Phi) is 5.97. The minimum atomic E-state index is -3.77. The highest BCUT2D eigenvalue weighted by Crippen LogP contribution is 2.45. The molecule has 1 aromatic carbocycles. The van der Waals surface area contributed by atoms with E-state index >= 15 is 0 Å². The van der Waals surface area contributed by atoms with Crippen LogP contribution in [-0.4, -0.2) is 77.4 Å². The second kappa shape index (κ2) is 9.62. The molecule has 0 spiro atoms. The van der Waals surface area contributed by atoms with E-state index < -0.39 is 15.8 Å². The number of carbonyl (C=O) groups is 1. The number of aromatic nitrogens is 7. The number of benzene rings is 1. The van der Waals surface area contributed by atoms with Crippen LogP contribution in [0.4, 0.5) is 5.82 Å². The van der Waals surface area contributed by atoms with Gasteiger partial charge in [-0.1, -0.05) is 41.5 Å². The zero-order valence-corrected chi connectivity index (χ0v) is 23.4. The van der Waals surface area contributed by atoms with Crippen LogP contribution < -0.4 is 5.73 Å². The first-order valence-electron chi connectivity index (χ1n) is 13.5. The Hall–Kier alpha value is -4.85. The van der Waals surface area contributed by atoms with Gasteiger partial charge in [0.05, 0.1) is 17.6 Å². The van der Waals surface area contributed by atoms with Gasteiger partial charge in [0.1, 0.15) is 10.7 Å². The maximum Gasteiger partial charge on any atom is 0.312 e. The standard InChI is InChI=1S/C28H27N9O4S/c1-42(40,41)23-22(17-11-18-8-9-19(12-17)36(18)27(38)25-33-28(39)35-34-25)32-26-20(14-31-37(26)24(23)29)16-7-10-21(30-13-16)15-5-3-2-4-6-15/h2-7,10,13-14,17-19H,8-9,11-12,29H2,1H3,(H2,33,34,35,39)/t17?,18-,19?/m1/s1. The van der Waals surface area contributed by atoms with Crippen molar-refractivity contribution in [3.63, 3.8) is 0 Å². The molecule has 7 rings (SSSR count). The quantitative estimate of drug-likeness (QED) is 0.277. The Bertz CT molecular complexity index is 1920. The SMILES string of the molecule is CS(=O)(=O)c1c(C2CC3CC[C@H](C2)N3C(=O)c2nnc(O)[nH]2)nc2c(-c3ccc(-c4ccccc4)nc3)cnn2c1N. The number of anilines is 1. The van der Waals surface area contributed by atoms with Crippen molar-refractivity contribution in [2.75, 3.05) is 12.0 Å². The summed E-state index contributed by atoms with van der Waals surface area (Å²) in [5, 5.41) is 21.2. The molecule has 5 aromatic rings. The number of piperidine rings is 1.